The normalized spacial score (nSPS) is 16.9. The lowest BCUT2D eigenvalue weighted by atomic mass is 9.77. The van der Waals surface area contributed by atoms with Crippen molar-refractivity contribution < 1.29 is 9.50 Å². The van der Waals surface area contributed by atoms with Crippen LogP contribution in [0.25, 0.3) is 0 Å². The summed E-state index contributed by atoms with van der Waals surface area (Å²) < 4.78 is 13.1. The molecule has 1 aromatic rings. The van der Waals surface area contributed by atoms with E-state index in [0.29, 0.717) is 5.69 Å². The van der Waals surface area contributed by atoms with Crippen molar-refractivity contribution in [3.05, 3.63) is 24.0 Å². The molecule has 0 radical (unpaired) electrons. The van der Waals surface area contributed by atoms with Crippen molar-refractivity contribution in [1.29, 1.82) is 0 Å². The van der Waals surface area contributed by atoms with Crippen molar-refractivity contribution in [2.24, 2.45) is 0 Å². The van der Waals surface area contributed by atoms with Gasteiger partial charge in [-0.2, -0.15) is 0 Å². The van der Waals surface area contributed by atoms with Gasteiger partial charge < -0.3 is 10.4 Å². The Morgan fingerprint density at radius 2 is 2.19 bits per heavy atom. The Labute approximate surface area is 94.5 Å². The SMILES string of the molecule is CC#CC1(Nc2ccc(O)c(F)c2)CCC1. The number of aromatic hydroxyl groups is 1. The summed E-state index contributed by atoms with van der Waals surface area (Å²) in [6, 6.07) is 4.31. The van der Waals surface area contributed by atoms with Gasteiger partial charge >= 0.3 is 0 Å². The fraction of sp³-hybridized carbons (Fsp3) is 0.385. The van der Waals surface area contributed by atoms with Gasteiger partial charge in [-0.05, 0) is 38.3 Å². The number of phenolic OH excluding ortho intramolecular Hbond substituents is 1. The summed E-state index contributed by atoms with van der Waals surface area (Å²) in [6.45, 7) is 1.80. The summed E-state index contributed by atoms with van der Waals surface area (Å²) in [5, 5.41) is 12.3. The minimum Gasteiger partial charge on any atom is -0.505 e. The van der Waals surface area contributed by atoms with Crippen molar-refractivity contribution in [3.63, 3.8) is 0 Å². The first-order chi connectivity index (χ1) is 7.65. The lowest BCUT2D eigenvalue weighted by Crippen LogP contribution is -2.43. The highest BCUT2D eigenvalue weighted by Crippen LogP contribution is 2.35. The van der Waals surface area contributed by atoms with Crippen LogP contribution in [0.1, 0.15) is 26.2 Å². The summed E-state index contributed by atoms with van der Waals surface area (Å²) in [6.07, 6.45) is 3.11. The number of phenols is 1. The average Bonchev–Trinajstić information content (AvgIpc) is 2.20. The third-order valence-electron chi connectivity index (χ3n) is 2.90. The molecule has 0 bridgehead atoms. The summed E-state index contributed by atoms with van der Waals surface area (Å²) in [5.41, 5.74) is 0.468. The van der Waals surface area contributed by atoms with Gasteiger partial charge in [0.2, 0.25) is 0 Å². The Morgan fingerprint density at radius 1 is 1.44 bits per heavy atom. The first-order valence-electron chi connectivity index (χ1n) is 5.36. The Morgan fingerprint density at radius 3 is 2.69 bits per heavy atom. The number of hydrogen-bond acceptors (Lipinski definition) is 2. The first kappa shape index (κ1) is 10.8. The summed E-state index contributed by atoms with van der Waals surface area (Å²) in [4.78, 5) is 0. The molecule has 3 heteroatoms. The van der Waals surface area contributed by atoms with Crippen LogP contribution < -0.4 is 5.32 Å². The smallest absolute Gasteiger partial charge is 0.166 e. The van der Waals surface area contributed by atoms with Gasteiger partial charge in [-0.25, -0.2) is 4.39 Å². The number of rotatable bonds is 2. The van der Waals surface area contributed by atoms with E-state index < -0.39 is 5.82 Å². The maximum absolute atomic E-state index is 13.1. The van der Waals surface area contributed by atoms with Gasteiger partial charge in [-0.1, -0.05) is 5.92 Å². The van der Waals surface area contributed by atoms with Crippen LogP contribution in [0.15, 0.2) is 18.2 Å². The summed E-state index contributed by atoms with van der Waals surface area (Å²) >= 11 is 0. The molecule has 16 heavy (non-hydrogen) atoms. The second-order valence-corrected chi connectivity index (χ2v) is 4.10. The summed E-state index contributed by atoms with van der Waals surface area (Å²) in [5.74, 6) is 5.10. The molecule has 0 aromatic heterocycles. The first-order valence-corrected chi connectivity index (χ1v) is 5.36. The number of anilines is 1. The van der Waals surface area contributed by atoms with Crippen LogP contribution in [-0.2, 0) is 0 Å². The fourth-order valence-electron chi connectivity index (χ4n) is 1.91. The van der Waals surface area contributed by atoms with Gasteiger partial charge in [-0.3, -0.25) is 0 Å². The number of benzene rings is 1. The monoisotopic (exact) mass is 219 g/mol. The van der Waals surface area contributed by atoms with Crippen LogP contribution in [0.5, 0.6) is 5.75 Å². The molecule has 2 nitrogen and oxygen atoms in total. The lowest BCUT2D eigenvalue weighted by Gasteiger charge is -2.38. The maximum atomic E-state index is 13.1. The number of hydrogen-bond donors (Lipinski definition) is 2. The zero-order valence-corrected chi connectivity index (χ0v) is 9.18. The van der Waals surface area contributed by atoms with Crippen molar-refractivity contribution in [2.75, 3.05) is 5.32 Å². The van der Waals surface area contributed by atoms with Crippen molar-refractivity contribution in [1.82, 2.24) is 0 Å². The van der Waals surface area contributed by atoms with Crippen LogP contribution in [0.3, 0.4) is 0 Å². The molecule has 0 atom stereocenters. The van der Waals surface area contributed by atoms with E-state index in [2.05, 4.69) is 17.2 Å². The minimum atomic E-state index is -0.607. The van der Waals surface area contributed by atoms with E-state index in [1.54, 1.807) is 13.0 Å². The highest BCUT2D eigenvalue weighted by Gasteiger charge is 2.35. The van der Waals surface area contributed by atoms with Gasteiger partial charge in [0.05, 0.1) is 5.54 Å². The molecule has 0 heterocycles. The van der Waals surface area contributed by atoms with E-state index >= 15 is 0 Å². The van der Waals surface area contributed by atoms with Crippen LogP contribution in [0.2, 0.25) is 0 Å². The van der Waals surface area contributed by atoms with Crippen molar-refractivity contribution >= 4 is 5.69 Å². The highest BCUT2D eigenvalue weighted by atomic mass is 19.1. The van der Waals surface area contributed by atoms with E-state index in [4.69, 9.17) is 5.11 Å². The van der Waals surface area contributed by atoms with Gasteiger partial charge in [0.1, 0.15) is 0 Å². The Bertz CT molecular complexity index is 455. The molecular weight excluding hydrogens is 205 g/mol. The molecule has 0 aliphatic heterocycles. The third kappa shape index (κ3) is 1.96. The van der Waals surface area contributed by atoms with E-state index in [9.17, 15) is 4.39 Å². The number of halogens is 1. The largest absolute Gasteiger partial charge is 0.505 e. The van der Waals surface area contributed by atoms with E-state index in [0.717, 1.165) is 19.3 Å². The third-order valence-corrected chi connectivity index (χ3v) is 2.90. The molecule has 0 saturated heterocycles. The standard InChI is InChI=1S/C13H14FNO/c1-2-6-13(7-3-8-13)15-10-4-5-12(16)11(14)9-10/h4-5,9,15-16H,3,7-8H2,1H3. The van der Waals surface area contributed by atoms with Gasteiger partial charge in [-0.15, -0.1) is 5.92 Å². The summed E-state index contributed by atoms with van der Waals surface area (Å²) in [7, 11) is 0. The van der Waals surface area contributed by atoms with Crippen LogP contribution in [-0.4, -0.2) is 10.6 Å². The molecule has 2 rings (SSSR count). The fourth-order valence-corrected chi connectivity index (χ4v) is 1.91. The molecule has 84 valence electrons. The van der Waals surface area contributed by atoms with E-state index in [1.807, 2.05) is 0 Å². The molecule has 0 amide bonds. The Balaban J connectivity index is 2.18. The van der Waals surface area contributed by atoms with Gasteiger partial charge in [0, 0.05) is 11.8 Å². The average molecular weight is 219 g/mol. The molecule has 0 spiro atoms. The molecule has 0 unspecified atom stereocenters. The van der Waals surface area contributed by atoms with E-state index in [1.165, 1.54) is 12.1 Å². The van der Waals surface area contributed by atoms with Crippen LogP contribution in [0.4, 0.5) is 10.1 Å². The van der Waals surface area contributed by atoms with Crippen LogP contribution in [0, 0.1) is 17.7 Å². The van der Waals surface area contributed by atoms with E-state index in [-0.39, 0.29) is 11.3 Å². The van der Waals surface area contributed by atoms with Gasteiger partial charge in [0.15, 0.2) is 11.6 Å². The predicted octanol–water partition coefficient (Wildman–Crippen LogP) is 2.89. The number of nitrogens with one attached hydrogen (secondary N) is 1. The van der Waals surface area contributed by atoms with Crippen molar-refractivity contribution in [2.45, 2.75) is 31.7 Å². The Kier molecular flexibility index (Phi) is 2.74. The zero-order valence-electron chi connectivity index (χ0n) is 9.18. The molecule has 2 N–H and O–H groups in total. The quantitative estimate of drug-likeness (QED) is 0.592. The topological polar surface area (TPSA) is 32.3 Å². The Hall–Kier alpha value is -1.69. The highest BCUT2D eigenvalue weighted by molar-refractivity contribution is 5.52. The lowest BCUT2D eigenvalue weighted by molar-refractivity contribution is 0.360. The molecule has 1 aromatic carbocycles. The van der Waals surface area contributed by atoms with Crippen LogP contribution >= 0.6 is 0 Å². The second-order valence-electron chi connectivity index (χ2n) is 4.10. The zero-order chi connectivity index (χ0) is 11.6. The molecule has 1 aliphatic carbocycles. The molecular formula is C13H14FNO. The maximum Gasteiger partial charge on any atom is 0.166 e. The predicted molar refractivity (Wildman–Crippen MR) is 61.7 cm³/mol. The molecule has 1 aliphatic rings. The minimum absolute atomic E-state index is 0.196. The van der Waals surface area contributed by atoms with Gasteiger partial charge in [0.25, 0.3) is 0 Å². The second kappa shape index (κ2) is 4.05. The van der Waals surface area contributed by atoms with Crippen molar-refractivity contribution in [3.8, 4) is 17.6 Å². The molecule has 1 saturated carbocycles. The molecule has 1 fully saturated rings.